The number of carbonyl (C=O) groups excluding carboxylic acids is 1. The van der Waals surface area contributed by atoms with Crippen LogP contribution in [0.3, 0.4) is 0 Å². The van der Waals surface area contributed by atoms with Crippen molar-refractivity contribution in [3.05, 3.63) is 23.0 Å². The number of piperidine rings is 1. The molecule has 1 aromatic rings. The Labute approximate surface area is 116 Å². The van der Waals surface area contributed by atoms with Crippen LogP contribution in [0.2, 0.25) is 5.15 Å². The Hall–Kier alpha value is -1.33. The largest absolute Gasteiger partial charge is 0.505 e. The molecule has 0 aromatic carbocycles. The maximum atomic E-state index is 12.1. The van der Waals surface area contributed by atoms with Gasteiger partial charge in [-0.05, 0) is 37.4 Å². The highest BCUT2D eigenvalue weighted by Gasteiger charge is 2.33. The summed E-state index contributed by atoms with van der Waals surface area (Å²) in [5, 5.41) is 12.2. The average Bonchev–Trinajstić information content (AvgIpc) is 2.72. The smallest absolute Gasteiger partial charge is 0.270 e. The predicted molar refractivity (Wildman–Crippen MR) is 71.3 cm³/mol. The van der Waals surface area contributed by atoms with Gasteiger partial charge in [0.25, 0.3) is 5.91 Å². The number of nitrogens with zero attached hydrogens (tertiary/aromatic N) is 2. The minimum absolute atomic E-state index is 0.0416. The molecule has 2 aliphatic heterocycles. The van der Waals surface area contributed by atoms with E-state index in [1.165, 1.54) is 18.6 Å². The van der Waals surface area contributed by atoms with Crippen LogP contribution in [0.1, 0.15) is 23.3 Å². The molecular weight excluding hydrogens is 266 g/mol. The first-order chi connectivity index (χ1) is 9.11. The molecule has 2 fully saturated rings. The van der Waals surface area contributed by atoms with Crippen molar-refractivity contribution in [1.82, 2.24) is 15.2 Å². The van der Waals surface area contributed by atoms with E-state index in [4.69, 9.17) is 11.6 Å². The number of pyridine rings is 1. The summed E-state index contributed by atoms with van der Waals surface area (Å²) in [5.41, 5.74) is 0.246. The summed E-state index contributed by atoms with van der Waals surface area (Å²) in [5.74, 6) is 0.366. The van der Waals surface area contributed by atoms with Gasteiger partial charge in [-0.3, -0.25) is 4.79 Å². The second-order valence-electron chi connectivity index (χ2n) is 5.33. The first kappa shape index (κ1) is 12.7. The van der Waals surface area contributed by atoms with E-state index in [0.29, 0.717) is 5.92 Å². The molecule has 2 saturated heterocycles. The van der Waals surface area contributed by atoms with E-state index in [-0.39, 0.29) is 28.5 Å². The first-order valence-corrected chi connectivity index (χ1v) is 6.88. The normalized spacial score (nSPS) is 29.2. The molecule has 2 aliphatic rings. The van der Waals surface area contributed by atoms with Crippen molar-refractivity contribution in [2.75, 3.05) is 19.6 Å². The van der Waals surface area contributed by atoms with Gasteiger partial charge in [0.1, 0.15) is 5.69 Å². The first-order valence-electron chi connectivity index (χ1n) is 6.50. The van der Waals surface area contributed by atoms with Crippen molar-refractivity contribution in [2.24, 2.45) is 5.92 Å². The number of amides is 1. The fourth-order valence-corrected chi connectivity index (χ4v) is 3.13. The molecule has 5 nitrogen and oxygen atoms in total. The Bertz CT molecular complexity index is 497. The van der Waals surface area contributed by atoms with Gasteiger partial charge in [-0.1, -0.05) is 11.6 Å². The molecule has 1 amide bonds. The number of aromatic hydroxyl groups is 1. The van der Waals surface area contributed by atoms with Crippen LogP contribution in [-0.4, -0.2) is 46.6 Å². The fourth-order valence-electron chi connectivity index (χ4n) is 2.98. The zero-order chi connectivity index (χ0) is 13.4. The van der Waals surface area contributed by atoms with E-state index >= 15 is 0 Å². The van der Waals surface area contributed by atoms with E-state index in [1.54, 1.807) is 0 Å². The quantitative estimate of drug-likeness (QED) is 0.801. The molecule has 6 heteroatoms. The van der Waals surface area contributed by atoms with Gasteiger partial charge < -0.3 is 15.3 Å². The minimum Gasteiger partial charge on any atom is -0.505 e. The minimum atomic E-state index is -0.227. The van der Waals surface area contributed by atoms with Gasteiger partial charge in [0.05, 0.1) is 0 Å². The van der Waals surface area contributed by atoms with Crippen LogP contribution in [0.15, 0.2) is 12.1 Å². The van der Waals surface area contributed by atoms with E-state index in [9.17, 15) is 9.90 Å². The Morgan fingerprint density at radius 1 is 1.47 bits per heavy atom. The maximum absolute atomic E-state index is 12.1. The summed E-state index contributed by atoms with van der Waals surface area (Å²) >= 11 is 5.71. The van der Waals surface area contributed by atoms with Crippen LogP contribution in [-0.2, 0) is 0 Å². The highest BCUT2D eigenvalue weighted by atomic mass is 35.5. The molecule has 3 atom stereocenters. The summed E-state index contributed by atoms with van der Waals surface area (Å²) in [6, 6.07) is 3.05. The van der Waals surface area contributed by atoms with Gasteiger partial charge in [0.15, 0.2) is 10.9 Å². The average molecular weight is 282 g/mol. The number of hydrogen-bond acceptors (Lipinski definition) is 4. The van der Waals surface area contributed by atoms with Crippen LogP contribution in [0.25, 0.3) is 0 Å². The van der Waals surface area contributed by atoms with Crippen molar-refractivity contribution in [1.29, 1.82) is 0 Å². The molecule has 3 rings (SSSR count). The lowest BCUT2D eigenvalue weighted by Gasteiger charge is -2.30. The topological polar surface area (TPSA) is 65.5 Å². The van der Waals surface area contributed by atoms with E-state index < -0.39 is 0 Å². The molecule has 1 unspecified atom stereocenters. The summed E-state index contributed by atoms with van der Waals surface area (Å²) in [6.07, 6.45) is 2.27. The lowest BCUT2D eigenvalue weighted by molar-refractivity contribution is 0.0904. The molecule has 0 radical (unpaired) electrons. The number of aromatic nitrogens is 1. The molecule has 2 N–H and O–H groups in total. The van der Waals surface area contributed by atoms with Gasteiger partial charge in [-0.2, -0.15) is 0 Å². The molecule has 0 spiro atoms. The van der Waals surface area contributed by atoms with E-state index in [2.05, 4.69) is 15.2 Å². The van der Waals surface area contributed by atoms with E-state index in [1.807, 2.05) is 0 Å². The van der Waals surface area contributed by atoms with Crippen LogP contribution >= 0.6 is 11.6 Å². The van der Waals surface area contributed by atoms with Gasteiger partial charge in [0.2, 0.25) is 0 Å². The van der Waals surface area contributed by atoms with Gasteiger partial charge >= 0.3 is 0 Å². The summed E-state index contributed by atoms with van der Waals surface area (Å²) in [7, 11) is 0. The molecule has 19 heavy (non-hydrogen) atoms. The zero-order valence-corrected chi connectivity index (χ0v) is 11.2. The van der Waals surface area contributed by atoms with Gasteiger partial charge in [-0.15, -0.1) is 0 Å². The van der Waals surface area contributed by atoms with Crippen LogP contribution in [0.5, 0.6) is 5.75 Å². The standard InChI is InChI=1S/C13H16ClN3O2/c14-12-11(18)2-1-10(16-12)13(19)15-9-5-8-3-4-17(6-8)7-9/h1-2,8-9,18H,3-7H2,(H,15,19)/t8-,9-/m1/s1. The van der Waals surface area contributed by atoms with E-state index in [0.717, 1.165) is 26.1 Å². The van der Waals surface area contributed by atoms with Crippen molar-refractivity contribution in [3.63, 3.8) is 0 Å². The number of fused-ring (bicyclic) bond motifs is 2. The van der Waals surface area contributed by atoms with Gasteiger partial charge in [0, 0.05) is 19.1 Å². The second kappa shape index (κ2) is 4.98. The molecule has 2 bridgehead atoms. The third-order valence-electron chi connectivity index (χ3n) is 3.86. The third kappa shape index (κ3) is 2.67. The molecule has 0 aliphatic carbocycles. The van der Waals surface area contributed by atoms with Crippen LogP contribution < -0.4 is 5.32 Å². The number of carbonyl (C=O) groups is 1. The summed E-state index contributed by atoms with van der Waals surface area (Å²) in [4.78, 5) is 18.3. The zero-order valence-electron chi connectivity index (χ0n) is 10.5. The highest BCUT2D eigenvalue weighted by molar-refractivity contribution is 6.30. The Morgan fingerprint density at radius 2 is 2.32 bits per heavy atom. The number of halogens is 1. The Morgan fingerprint density at radius 3 is 3.05 bits per heavy atom. The number of rotatable bonds is 2. The Balaban J connectivity index is 1.66. The molecule has 102 valence electrons. The van der Waals surface area contributed by atoms with Crippen LogP contribution in [0, 0.1) is 5.92 Å². The molecular formula is C13H16ClN3O2. The monoisotopic (exact) mass is 281 g/mol. The van der Waals surface area contributed by atoms with Crippen molar-refractivity contribution in [2.45, 2.75) is 18.9 Å². The predicted octanol–water partition coefficient (Wildman–Crippen LogP) is 1.26. The second-order valence-corrected chi connectivity index (χ2v) is 5.68. The summed E-state index contributed by atoms with van der Waals surface area (Å²) in [6.45, 7) is 3.21. The van der Waals surface area contributed by atoms with Crippen LogP contribution in [0.4, 0.5) is 0 Å². The summed E-state index contributed by atoms with van der Waals surface area (Å²) < 4.78 is 0. The lowest BCUT2D eigenvalue weighted by Crippen LogP contribution is -2.47. The SMILES string of the molecule is O=C(N[C@@H]1C[C@H]2CCN(C2)C1)c1ccc(O)c(Cl)n1. The highest BCUT2D eigenvalue weighted by Crippen LogP contribution is 2.27. The Kier molecular flexibility index (Phi) is 3.33. The van der Waals surface area contributed by atoms with Crippen molar-refractivity contribution >= 4 is 17.5 Å². The van der Waals surface area contributed by atoms with Crippen molar-refractivity contribution in [3.8, 4) is 5.75 Å². The number of hydrogen-bond donors (Lipinski definition) is 2. The fraction of sp³-hybridized carbons (Fsp3) is 0.538. The third-order valence-corrected chi connectivity index (χ3v) is 4.14. The molecule has 0 saturated carbocycles. The molecule has 3 heterocycles. The van der Waals surface area contributed by atoms with Gasteiger partial charge in [-0.25, -0.2) is 4.98 Å². The lowest BCUT2D eigenvalue weighted by atomic mass is 9.97. The number of nitrogens with one attached hydrogen (secondary N) is 1. The van der Waals surface area contributed by atoms with Crippen molar-refractivity contribution < 1.29 is 9.90 Å². The molecule has 1 aromatic heterocycles. The maximum Gasteiger partial charge on any atom is 0.270 e.